The Morgan fingerprint density at radius 3 is 2.43 bits per heavy atom. The van der Waals surface area contributed by atoms with Crippen LogP contribution in [0.5, 0.6) is 0 Å². The predicted octanol–water partition coefficient (Wildman–Crippen LogP) is 2.11. The summed E-state index contributed by atoms with van der Waals surface area (Å²) in [7, 11) is 0. The van der Waals surface area contributed by atoms with Crippen molar-refractivity contribution >= 4 is 29.3 Å². The van der Waals surface area contributed by atoms with E-state index in [1.165, 1.54) is 10.5 Å². The molecule has 2 heterocycles. The molecule has 1 aliphatic rings. The minimum absolute atomic E-state index is 0.0576. The molecule has 4 rings (SSSR count). The van der Waals surface area contributed by atoms with E-state index in [4.69, 9.17) is 0 Å². The van der Waals surface area contributed by atoms with Crippen LogP contribution in [-0.4, -0.2) is 48.6 Å². The molecule has 1 fully saturated rings. The van der Waals surface area contributed by atoms with Crippen molar-refractivity contribution in [2.24, 2.45) is 0 Å². The third-order valence-electron chi connectivity index (χ3n) is 5.11. The van der Waals surface area contributed by atoms with Gasteiger partial charge in [0.25, 0.3) is 5.91 Å². The number of nitrogens with zero attached hydrogens (tertiary/aromatic N) is 3. The Hall–Kier alpha value is -2.90. The van der Waals surface area contributed by atoms with Crippen LogP contribution in [0.15, 0.2) is 78.0 Å². The first kappa shape index (κ1) is 20.4. The molecule has 0 spiro atoms. The average Bonchev–Trinajstić information content (AvgIpc) is 2.80. The molecule has 1 aliphatic heterocycles. The number of piperazine rings is 1. The van der Waals surface area contributed by atoms with Gasteiger partial charge in [0.05, 0.1) is 31.9 Å². The first-order valence-corrected chi connectivity index (χ1v) is 11.2. The molecule has 0 saturated carbocycles. The second kappa shape index (κ2) is 10.2. The van der Waals surface area contributed by atoms with E-state index >= 15 is 0 Å². The van der Waals surface area contributed by atoms with E-state index in [1.807, 2.05) is 30.3 Å². The van der Waals surface area contributed by atoms with E-state index in [2.05, 4.69) is 50.5 Å². The number of rotatable bonds is 7. The van der Waals surface area contributed by atoms with Crippen LogP contribution in [0.4, 0.5) is 11.6 Å². The minimum atomic E-state index is 0.0576. The first-order valence-electron chi connectivity index (χ1n) is 10.2. The number of nitrogens with one attached hydrogen (secondary N) is 2. The van der Waals surface area contributed by atoms with E-state index in [1.54, 1.807) is 24.2 Å². The van der Waals surface area contributed by atoms with Crippen molar-refractivity contribution in [2.75, 3.05) is 42.9 Å². The van der Waals surface area contributed by atoms with Crippen molar-refractivity contribution in [3.05, 3.63) is 78.6 Å². The smallest absolute Gasteiger partial charge is 0.279 e. The molecule has 0 unspecified atom stereocenters. The van der Waals surface area contributed by atoms with Crippen molar-refractivity contribution in [1.29, 1.82) is 0 Å². The van der Waals surface area contributed by atoms with Gasteiger partial charge >= 0.3 is 0 Å². The second-order valence-corrected chi connectivity index (χ2v) is 8.30. The van der Waals surface area contributed by atoms with Crippen LogP contribution in [0, 0.1) is 0 Å². The molecule has 7 heteroatoms. The highest BCUT2D eigenvalue weighted by Crippen LogP contribution is 2.29. The fourth-order valence-corrected chi connectivity index (χ4v) is 4.47. The largest absolute Gasteiger partial charge is 0.330 e. The fourth-order valence-electron chi connectivity index (χ4n) is 3.51. The number of carbonyl (C=O) groups is 1. The molecule has 0 radical (unpaired) electrons. The van der Waals surface area contributed by atoms with Gasteiger partial charge in [0.2, 0.25) is 5.95 Å². The van der Waals surface area contributed by atoms with Crippen LogP contribution in [-0.2, 0) is 10.5 Å². The van der Waals surface area contributed by atoms with Gasteiger partial charge < -0.3 is 15.1 Å². The Kier molecular flexibility index (Phi) is 6.95. The quantitative estimate of drug-likeness (QED) is 0.574. The summed E-state index contributed by atoms with van der Waals surface area (Å²) >= 11 is 1.74. The summed E-state index contributed by atoms with van der Waals surface area (Å²) in [5, 5.41) is 3.12. The van der Waals surface area contributed by atoms with E-state index in [0.29, 0.717) is 6.54 Å². The summed E-state index contributed by atoms with van der Waals surface area (Å²) in [6.07, 6.45) is 3.53. The van der Waals surface area contributed by atoms with Crippen LogP contribution >= 0.6 is 11.8 Å². The molecule has 30 heavy (non-hydrogen) atoms. The number of anilines is 2. The van der Waals surface area contributed by atoms with Crippen LogP contribution < -0.4 is 15.1 Å². The standard InChI is InChI=1S/C23H25N5OS/c29-22(17-27-13-15-28(16-14-27)23-24-11-6-12-25-23)26-20-9-4-5-10-21(20)30-18-19-7-2-1-3-8-19/h1-12H,13-18H2,(H,26,29)/p+1. The van der Waals surface area contributed by atoms with Gasteiger partial charge in [0.15, 0.2) is 6.54 Å². The number of aromatic nitrogens is 2. The fraction of sp³-hybridized carbons (Fsp3) is 0.261. The van der Waals surface area contributed by atoms with Crippen molar-refractivity contribution < 1.29 is 9.69 Å². The van der Waals surface area contributed by atoms with Crippen LogP contribution in [0.25, 0.3) is 0 Å². The lowest BCUT2D eigenvalue weighted by atomic mass is 10.2. The maximum atomic E-state index is 12.7. The summed E-state index contributed by atoms with van der Waals surface area (Å²) in [4.78, 5) is 25.9. The molecule has 0 aliphatic carbocycles. The third-order valence-corrected chi connectivity index (χ3v) is 6.26. The molecule has 2 N–H and O–H groups in total. The highest BCUT2D eigenvalue weighted by atomic mass is 32.2. The molecule has 0 atom stereocenters. The summed E-state index contributed by atoms with van der Waals surface area (Å²) in [6.45, 7) is 3.99. The van der Waals surface area contributed by atoms with E-state index < -0.39 is 0 Å². The van der Waals surface area contributed by atoms with Crippen molar-refractivity contribution in [3.63, 3.8) is 0 Å². The summed E-state index contributed by atoms with van der Waals surface area (Å²) in [5.74, 6) is 1.70. The average molecular weight is 421 g/mol. The molecule has 3 aromatic rings. The maximum Gasteiger partial charge on any atom is 0.279 e. The summed E-state index contributed by atoms with van der Waals surface area (Å²) < 4.78 is 0. The van der Waals surface area contributed by atoms with Gasteiger partial charge in [-0.2, -0.15) is 0 Å². The number of hydrogen-bond acceptors (Lipinski definition) is 5. The molecule has 1 amide bonds. The normalized spacial score (nSPS) is 14.5. The van der Waals surface area contributed by atoms with Gasteiger partial charge in [-0.05, 0) is 23.8 Å². The van der Waals surface area contributed by atoms with Crippen LogP contribution in [0.3, 0.4) is 0 Å². The Morgan fingerprint density at radius 2 is 1.67 bits per heavy atom. The molecule has 1 saturated heterocycles. The zero-order valence-corrected chi connectivity index (χ0v) is 17.6. The molecule has 1 aromatic heterocycles. The molecule has 2 aromatic carbocycles. The summed E-state index contributed by atoms with van der Waals surface area (Å²) in [5.41, 5.74) is 2.16. The van der Waals surface area contributed by atoms with Gasteiger partial charge in [-0.15, -0.1) is 11.8 Å². The summed E-state index contributed by atoms with van der Waals surface area (Å²) in [6, 6.07) is 20.2. The molecular formula is C23H26N5OS+. The monoisotopic (exact) mass is 420 g/mol. The van der Waals surface area contributed by atoms with Crippen LogP contribution in [0.2, 0.25) is 0 Å². The molecule has 6 nitrogen and oxygen atoms in total. The van der Waals surface area contributed by atoms with Crippen LogP contribution in [0.1, 0.15) is 5.56 Å². The highest BCUT2D eigenvalue weighted by Gasteiger charge is 2.23. The maximum absolute atomic E-state index is 12.7. The molecule has 0 bridgehead atoms. The zero-order chi connectivity index (χ0) is 20.6. The highest BCUT2D eigenvalue weighted by molar-refractivity contribution is 7.98. The third kappa shape index (κ3) is 5.58. The Bertz CT molecular complexity index is 946. The Morgan fingerprint density at radius 1 is 0.967 bits per heavy atom. The van der Waals surface area contributed by atoms with Crippen molar-refractivity contribution in [2.45, 2.75) is 10.6 Å². The number of hydrogen-bond donors (Lipinski definition) is 2. The Balaban J connectivity index is 1.28. The zero-order valence-electron chi connectivity index (χ0n) is 16.8. The number of amides is 1. The molecular weight excluding hydrogens is 394 g/mol. The second-order valence-electron chi connectivity index (χ2n) is 7.28. The molecule has 154 valence electrons. The predicted molar refractivity (Wildman–Crippen MR) is 121 cm³/mol. The lowest BCUT2D eigenvalue weighted by Gasteiger charge is -2.31. The first-order chi connectivity index (χ1) is 14.8. The number of quaternary nitrogens is 1. The van der Waals surface area contributed by atoms with Crippen molar-refractivity contribution in [1.82, 2.24) is 9.97 Å². The number of thioether (sulfide) groups is 1. The van der Waals surface area contributed by atoms with Crippen molar-refractivity contribution in [3.8, 4) is 0 Å². The van der Waals surface area contributed by atoms with E-state index in [9.17, 15) is 4.79 Å². The van der Waals surface area contributed by atoms with E-state index in [-0.39, 0.29) is 5.91 Å². The van der Waals surface area contributed by atoms with Gasteiger partial charge in [0, 0.05) is 23.0 Å². The lowest BCUT2D eigenvalue weighted by Crippen LogP contribution is -3.15. The van der Waals surface area contributed by atoms with Gasteiger partial charge in [-0.1, -0.05) is 42.5 Å². The lowest BCUT2D eigenvalue weighted by molar-refractivity contribution is -0.892. The Labute approximate surface area is 181 Å². The van der Waals surface area contributed by atoms with E-state index in [0.717, 1.165) is 48.5 Å². The topological polar surface area (TPSA) is 62.6 Å². The van der Waals surface area contributed by atoms with Gasteiger partial charge in [-0.3, -0.25) is 4.79 Å². The SMILES string of the molecule is O=C(C[NH+]1CCN(c2ncccn2)CC1)Nc1ccccc1SCc1ccccc1. The number of carbonyl (C=O) groups excluding carboxylic acids is 1. The minimum Gasteiger partial charge on any atom is -0.330 e. The number of benzene rings is 2. The van der Waals surface area contributed by atoms with Gasteiger partial charge in [0.1, 0.15) is 0 Å². The number of para-hydroxylation sites is 1. The van der Waals surface area contributed by atoms with Gasteiger partial charge in [-0.25, -0.2) is 9.97 Å².